The smallest absolute Gasteiger partial charge is 0.317 e. The molecule has 2 aromatic carbocycles. The van der Waals surface area contributed by atoms with Crippen LogP contribution in [0.1, 0.15) is 69.8 Å². The van der Waals surface area contributed by atoms with Crippen LogP contribution in [-0.2, 0) is 6.42 Å². The van der Waals surface area contributed by atoms with E-state index in [-0.39, 0.29) is 23.7 Å². The lowest BCUT2D eigenvalue weighted by molar-refractivity contribution is 0.178. The van der Waals surface area contributed by atoms with Crippen LogP contribution >= 0.6 is 0 Å². The fraction of sp³-hybridized carbons (Fsp3) is 0.444. The minimum atomic E-state index is -0.336. The van der Waals surface area contributed by atoms with Crippen LogP contribution in [-0.4, -0.2) is 33.6 Å². The van der Waals surface area contributed by atoms with Crippen molar-refractivity contribution in [3.05, 3.63) is 70.3 Å². The number of nitrogens with zero attached hydrogens (tertiary/aromatic N) is 3. The van der Waals surface area contributed by atoms with Crippen LogP contribution in [0.5, 0.6) is 0 Å². The van der Waals surface area contributed by atoms with E-state index in [4.69, 9.17) is 4.98 Å². The van der Waals surface area contributed by atoms with Gasteiger partial charge in [0, 0.05) is 13.1 Å². The third kappa shape index (κ3) is 4.80. The zero-order valence-corrected chi connectivity index (χ0v) is 19.9. The highest BCUT2D eigenvalue weighted by Crippen LogP contribution is 2.26. The second-order valence-corrected chi connectivity index (χ2v) is 8.97. The van der Waals surface area contributed by atoms with E-state index < -0.39 is 0 Å². The number of fused-ring (bicyclic) bond motifs is 1. The van der Waals surface area contributed by atoms with E-state index in [1.807, 2.05) is 55.5 Å². The molecule has 1 fully saturated rings. The molecule has 0 saturated heterocycles. The van der Waals surface area contributed by atoms with Gasteiger partial charge in [-0.15, -0.1) is 0 Å². The van der Waals surface area contributed by atoms with Crippen molar-refractivity contribution in [2.24, 2.45) is 0 Å². The van der Waals surface area contributed by atoms with Crippen LogP contribution in [0.15, 0.2) is 53.3 Å². The minimum absolute atomic E-state index is 0.107. The third-order valence-corrected chi connectivity index (χ3v) is 6.81. The molecule has 1 saturated carbocycles. The largest absolute Gasteiger partial charge is 0.335 e. The van der Waals surface area contributed by atoms with Gasteiger partial charge < -0.3 is 10.2 Å². The van der Waals surface area contributed by atoms with Crippen LogP contribution in [0, 0.1) is 0 Å². The first-order valence-corrected chi connectivity index (χ1v) is 12.2. The minimum Gasteiger partial charge on any atom is -0.335 e. The zero-order valence-electron chi connectivity index (χ0n) is 19.9. The maximum Gasteiger partial charge on any atom is 0.317 e. The average Bonchev–Trinajstić information content (AvgIpc) is 2.85. The first-order chi connectivity index (χ1) is 16.0. The number of aromatic nitrogens is 2. The summed E-state index contributed by atoms with van der Waals surface area (Å²) in [5.41, 5.74) is 2.51. The molecule has 3 aromatic rings. The van der Waals surface area contributed by atoms with E-state index >= 15 is 0 Å². The normalized spacial score (nSPS) is 15.4. The summed E-state index contributed by atoms with van der Waals surface area (Å²) in [4.78, 5) is 33.4. The lowest BCUT2D eigenvalue weighted by Gasteiger charge is -2.31. The van der Waals surface area contributed by atoms with Crippen molar-refractivity contribution in [2.45, 2.75) is 70.9 Å². The van der Waals surface area contributed by atoms with Gasteiger partial charge in [-0.1, -0.05) is 57.4 Å². The molecule has 1 aliphatic rings. The topological polar surface area (TPSA) is 67.2 Å². The van der Waals surface area contributed by atoms with E-state index in [2.05, 4.69) is 12.2 Å². The predicted octanol–water partition coefficient (Wildman–Crippen LogP) is 5.37. The Labute approximate surface area is 195 Å². The summed E-state index contributed by atoms with van der Waals surface area (Å²) in [5.74, 6) is 0.590. The molecule has 6 heteroatoms. The van der Waals surface area contributed by atoms with Gasteiger partial charge in [0.1, 0.15) is 5.82 Å². The van der Waals surface area contributed by atoms with Gasteiger partial charge >= 0.3 is 6.03 Å². The Morgan fingerprint density at radius 2 is 1.79 bits per heavy atom. The number of rotatable bonds is 6. The fourth-order valence-electron chi connectivity index (χ4n) is 4.80. The molecule has 1 atom stereocenters. The van der Waals surface area contributed by atoms with E-state index in [1.54, 1.807) is 16.5 Å². The second kappa shape index (κ2) is 10.2. The van der Waals surface area contributed by atoms with E-state index in [0.717, 1.165) is 37.8 Å². The Kier molecular flexibility index (Phi) is 7.11. The van der Waals surface area contributed by atoms with Crippen LogP contribution in [0.2, 0.25) is 0 Å². The van der Waals surface area contributed by atoms with Gasteiger partial charge in [-0.2, -0.15) is 0 Å². The molecule has 0 aliphatic heterocycles. The van der Waals surface area contributed by atoms with Crippen molar-refractivity contribution in [3.8, 4) is 5.69 Å². The maximum atomic E-state index is 13.6. The summed E-state index contributed by atoms with van der Waals surface area (Å²) in [6.45, 7) is 4.14. The number of nitrogens with one attached hydrogen (secondary N) is 1. The van der Waals surface area contributed by atoms with Crippen LogP contribution in [0.3, 0.4) is 0 Å². The van der Waals surface area contributed by atoms with Crippen molar-refractivity contribution in [1.82, 2.24) is 19.8 Å². The number of carbonyl (C=O) groups is 1. The molecular weight excluding hydrogens is 412 g/mol. The monoisotopic (exact) mass is 446 g/mol. The van der Waals surface area contributed by atoms with Crippen molar-refractivity contribution in [1.29, 1.82) is 0 Å². The van der Waals surface area contributed by atoms with Crippen molar-refractivity contribution in [2.75, 3.05) is 7.05 Å². The predicted molar refractivity (Wildman–Crippen MR) is 133 cm³/mol. The number of carbonyl (C=O) groups excluding carboxylic acids is 1. The molecule has 2 amide bonds. The van der Waals surface area contributed by atoms with E-state index in [1.165, 1.54) is 12.0 Å². The first kappa shape index (κ1) is 23.0. The Hall–Kier alpha value is -3.15. The van der Waals surface area contributed by atoms with Crippen molar-refractivity contribution < 1.29 is 4.79 Å². The van der Waals surface area contributed by atoms with Crippen LogP contribution < -0.4 is 10.9 Å². The molecule has 1 heterocycles. The first-order valence-electron chi connectivity index (χ1n) is 12.2. The molecule has 1 unspecified atom stereocenters. The molecule has 4 rings (SSSR count). The Morgan fingerprint density at radius 1 is 1.09 bits per heavy atom. The number of urea groups is 1. The third-order valence-electron chi connectivity index (χ3n) is 6.81. The fourth-order valence-corrected chi connectivity index (χ4v) is 4.80. The lowest BCUT2D eigenvalue weighted by Crippen LogP contribution is -2.46. The highest BCUT2D eigenvalue weighted by atomic mass is 16.2. The molecule has 33 heavy (non-hydrogen) atoms. The maximum absolute atomic E-state index is 13.6. The number of hydrogen-bond donors (Lipinski definition) is 1. The SMILES string of the molecule is CCc1ccc(-n2c(C(CC)N(C)C(=O)NC3CCCCC3)nc3ccccc3c2=O)cc1. The summed E-state index contributed by atoms with van der Waals surface area (Å²) >= 11 is 0. The number of amides is 2. The standard InChI is InChI=1S/C27H34N4O2/c1-4-19-15-17-21(18-16-19)31-25(29-23-14-10-9-13-22(23)26(31)32)24(5-2)30(3)27(33)28-20-11-7-6-8-12-20/h9-10,13-18,20,24H,4-8,11-12H2,1-3H3,(H,28,33). The number of para-hydroxylation sites is 1. The molecule has 0 radical (unpaired) electrons. The van der Waals surface area contributed by atoms with Gasteiger partial charge in [-0.05, 0) is 55.5 Å². The molecule has 174 valence electrons. The molecule has 1 N–H and O–H groups in total. The van der Waals surface area contributed by atoms with Gasteiger partial charge in [-0.25, -0.2) is 9.78 Å². The van der Waals surface area contributed by atoms with Crippen molar-refractivity contribution in [3.63, 3.8) is 0 Å². The van der Waals surface area contributed by atoms with Gasteiger partial charge in [0.05, 0.1) is 22.6 Å². The Morgan fingerprint density at radius 3 is 2.45 bits per heavy atom. The number of benzene rings is 2. The zero-order chi connectivity index (χ0) is 23.4. The molecular formula is C27H34N4O2. The summed E-state index contributed by atoms with van der Waals surface area (Å²) in [6, 6.07) is 15.2. The molecule has 0 bridgehead atoms. The van der Waals surface area contributed by atoms with Gasteiger partial charge in [0.15, 0.2) is 0 Å². The quantitative estimate of drug-likeness (QED) is 0.553. The molecule has 6 nitrogen and oxygen atoms in total. The summed E-state index contributed by atoms with van der Waals surface area (Å²) in [7, 11) is 1.80. The van der Waals surface area contributed by atoms with Crippen LogP contribution in [0.4, 0.5) is 4.79 Å². The lowest BCUT2D eigenvalue weighted by atomic mass is 9.96. The van der Waals surface area contributed by atoms with Crippen molar-refractivity contribution >= 4 is 16.9 Å². The Bertz CT molecular complexity index is 1160. The van der Waals surface area contributed by atoms with Gasteiger partial charge in [0.2, 0.25) is 0 Å². The number of hydrogen-bond acceptors (Lipinski definition) is 3. The average molecular weight is 447 g/mol. The number of aryl methyl sites for hydroxylation is 1. The molecule has 1 aromatic heterocycles. The summed E-state index contributed by atoms with van der Waals surface area (Å²) in [6.07, 6.45) is 7.19. The highest BCUT2D eigenvalue weighted by molar-refractivity contribution is 5.78. The van der Waals surface area contributed by atoms with Gasteiger partial charge in [0.25, 0.3) is 5.56 Å². The highest BCUT2D eigenvalue weighted by Gasteiger charge is 2.28. The van der Waals surface area contributed by atoms with E-state index in [0.29, 0.717) is 23.1 Å². The molecule has 1 aliphatic carbocycles. The molecule has 0 spiro atoms. The van der Waals surface area contributed by atoms with Gasteiger partial charge in [-0.3, -0.25) is 9.36 Å². The Balaban J connectivity index is 1.77. The van der Waals surface area contributed by atoms with E-state index in [9.17, 15) is 9.59 Å². The second-order valence-electron chi connectivity index (χ2n) is 8.97. The van der Waals surface area contributed by atoms with Crippen LogP contribution in [0.25, 0.3) is 16.6 Å². The summed E-state index contributed by atoms with van der Waals surface area (Å²) < 4.78 is 1.68. The summed E-state index contributed by atoms with van der Waals surface area (Å²) in [5, 5.41) is 3.78.